The molecular formula is C21H19NO4. The van der Waals surface area contributed by atoms with Crippen molar-refractivity contribution in [1.29, 1.82) is 0 Å². The second-order valence-electron chi connectivity index (χ2n) is 5.76. The summed E-state index contributed by atoms with van der Waals surface area (Å²) >= 11 is 0. The molecule has 0 spiro atoms. The number of benzene rings is 3. The first-order chi connectivity index (χ1) is 12.7. The number of carbonyl (C=O) groups is 2. The number of carbonyl (C=O) groups excluding carboxylic acids is 2. The van der Waals surface area contributed by atoms with Gasteiger partial charge in [0.25, 0.3) is 5.91 Å². The van der Waals surface area contributed by atoms with E-state index in [0.29, 0.717) is 5.69 Å². The third-order valence-electron chi connectivity index (χ3n) is 3.94. The lowest BCUT2D eigenvalue weighted by Gasteiger charge is -2.09. The van der Waals surface area contributed by atoms with Crippen LogP contribution < -0.4 is 10.1 Å². The molecule has 1 N–H and O–H groups in total. The molecule has 5 heteroatoms. The van der Waals surface area contributed by atoms with Gasteiger partial charge in [0.2, 0.25) is 0 Å². The fraction of sp³-hybridized carbons (Fsp3) is 0.143. The van der Waals surface area contributed by atoms with Crippen molar-refractivity contribution in [2.75, 3.05) is 19.0 Å². The van der Waals surface area contributed by atoms with E-state index in [-0.39, 0.29) is 18.9 Å². The van der Waals surface area contributed by atoms with Gasteiger partial charge in [-0.25, -0.2) is 0 Å². The number of methoxy groups -OCH3 is 1. The van der Waals surface area contributed by atoms with Crippen LogP contribution in [0.4, 0.5) is 5.69 Å². The minimum atomic E-state index is -0.455. The number of ether oxygens (including phenoxy) is 2. The van der Waals surface area contributed by atoms with E-state index in [4.69, 9.17) is 9.47 Å². The average molecular weight is 349 g/mol. The van der Waals surface area contributed by atoms with Crippen molar-refractivity contribution in [3.63, 3.8) is 0 Å². The van der Waals surface area contributed by atoms with Crippen molar-refractivity contribution < 1.29 is 19.1 Å². The highest BCUT2D eigenvalue weighted by Gasteiger charge is 2.10. The van der Waals surface area contributed by atoms with Gasteiger partial charge in [0.15, 0.2) is 6.61 Å². The van der Waals surface area contributed by atoms with Crippen LogP contribution in [0.3, 0.4) is 0 Å². The van der Waals surface area contributed by atoms with Crippen LogP contribution in [0.25, 0.3) is 10.8 Å². The van der Waals surface area contributed by atoms with Crippen molar-refractivity contribution in [3.05, 3.63) is 72.3 Å². The normalized spacial score (nSPS) is 10.3. The number of anilines is 1. The molecule has 0 atom stereocenters. The molecule has 3 aromatic rings. The zero-order valence-electron chi connectivity index (χ0n) is 14.4. The maximum Gasteiger partial charge on any atom is 0.310 e. The molecule has 0 unspecified atom stereocenters. The Morgan fingerprint density at radius 1 is 0.923 bits per heavy atom. The van der Waals surface area contributed by atoms with Crippen molar-refractivity contribution in [2.45, 2.75) is 6.42 Å². The quantitative estimate of drug-likeness (QED) is 0.691. The Morgan fingerprint density at radius 2 is 1.65 bits per heavy atom. The van der Waals surface area contributed by atoms with Gasteiger partial charge in [-0.2, -0.15) is 0 Å². The van der Waals surface area contributed by atoms with Crippen LogP contribution in [0.1, 0.15) is 5.56 Å². The Morgan fingerprint density at radius 3 is 2.42 bits per heavy atom. The van der Waals surface area contributed by atoms with Crippen LogP contribution in [-0.2, 0) is 20.7 Å². The lowest BCUT2D eigenvalue weighted by molar-refractivity contribution is -0.146. The van der Waals surface area contributed by atoms with Crippen molar-refractivity contribution >= 4 is 28.3 Å². The molecule has 1 amide bonds. The summed E-state index contributed by atoms with van der Waals surface area (Å²) in [5.41, 5.74) is 1.49. The number of fused-ring (bicyclic) bond motifs is 1. The van der Waals surface area contributed by atoms with Crippen LogP contribution in [0.2, 0.25) is 0 Å². The number of nitrogens with one attached hydrogen (secondary N) is 1. The van der Waals surface area contributed by atoms with E-state index in [1.807, 2.05) is 42.5 Å². The van der Waals surface area contributed by atoms with Crippen molar-refractivity contribution in [3.8, 4) is 5.75 Å². The summed E-state index contributed by atoms with van der Waals surface area (Å²) in [6.45, 7) is -0.321. The van der Waals surface area contributed by atoms with Gasteiger partial charge < -0.3 is 14.8 Å². The van der Waals surface area contributed by atoms with E-state index in [9.17, 15) is 9.59 Å². The van der Waals surface area contributed by atoms with E-state index >= 15 is 0 Å². The second kappa shape index (κ2) is 8.16. The largest absolute Gasteiger partial charge is 0.497 e. The number of hydrogen-bond acceptors (Lipinski definition) is 4. The van der Waals surface area contributed by atoms with E-state index in [1.54, 1.807) is 31.4 Å². The minimum absolute atomic E-state index is 0.103. The van der Waals surface area contributed by atoms with Crippen LogP contribution in [0.5, 0.6) is 5.75 Å². The number of amides is 1. The van der Waals surface area contributed by atoms with Gasteiger partial charge in [-0.3, -0.25) is 9.59 Å². The molecule has 0 aliphatic carbocycles. The predicted octanol–water partition coefficient (Wildman–Crippen LogP) is 3.57. The first-order valence-electron chi connectivity index (χ1n) is 8.22. The SMILES string of the molecule is COc1ccc(CC(=O)OCC(=O)Nc2cccc3ccccc23)cc1. The molecule has 3 rings (SSSR count). The Hall–Kier alpha value is -3.34. The fourth-order valence-electron chi connectivity index (χ4n) is 2.63. The minimum Gasteiger partial charge on any atom is -0.497 e. The summed E-state index contributed by atoms with van der Waals surface area (Å²) < 4.78 is 10.1. The van der Waals surface area contributed by atoms with Gasteiger partial charge in [0.1, 0.15) is 5.75 Å². The molecule has 5 nitrogen and oxygen atoms in total. The van der Waals surface area contributed by atoms with Crippen LogP contribution >= 0.6 is 0 Å². The smallest absolute Gasteiger partial charge is 0.310 e. The topological polar surface area (TPSA) is 64.6 Å². The van der Waals surface area contributed by atoms with E-state index in [0.717, 1.165) is 22.1 Å². The lowest BCUT2D eigenvalue weighted by Crippen LogP contribution is -2.21. The van der Waals surface area contributed by atoms with E-state index < -0.39 is 5.97 Å². The fourth-order valence-corrected chi connectivity index (χ4v) is 2.63. The van der Waals surface area contributed by atoms with Gasteiger partial charge in [-0.15, -0.1) is 0 Å². The molecule has 0 heterocycles. The molecule has 0 aromatic heterocycles. The van der Waals surface area contributed by atoms with E-state index in [2.05, 4.69) is 5.32 Å². The Balaban J connectivity index is 1.54. The number of rotatable bonds is 6. The molecule has 132 valence electrons. The third kappa shape index (κ3) is 4.39. The zero-order chi connectivity index (χ0) is 18.4. The molecule has 0 bridgehead atoms. The molecular weight excluding hydrogens is 330 g/mol. The first kappa shape index (κ1) is 17.5. The van der Waals surface area contributed by atoms with Crippen molar-refractivity contribution in [1.82, 2.24) is 0 Å². The maximum absolute atomic E-state index is 12.1. The number of hydrogen-bond donors (Lipinski definition) is 1. The van der Waals surface area contributed by atoms with Gasteiger partial charge >= 0.3 is 5.97 Å². The van der Waals surface area contributed by atoms with Gasteiger partial charge in [0, 0.05) is 11.1 Å². The summed E-state index contributed by atoms with van der Waals surface area (Å²) in [6, 6.07) is 20.5. The lowest BCUT2D eigenvalue weighted by atomic mass is 10.1. The van der Waals surface area contributed by atoms with Gasteiger partial charge in [-0.05, 0) is 29.1 Å². The summed E-state index contributed by atoms with van der Waals surface area (Å²) in [5, 5.41) is 4.75. The zero-order valence-corrected chi connectivity index (χ0v) is 14.4. The maximum atomic E-state index is 12.1. The first-order valence-corrected chi connectivity index (χ1v) is 8.22. The molecule has 0 aliphatic rings. The third-order valence-corrected chi connectivity index (χ3v) is 3.94. The van der Waals surface area contributed by atoms with Crippen LogP contribution in [-0.4, -0.2) is 25.6 Å². The highest BCUT2D eigenvalue weighted by Crippen LogP contribution is 2.22. The number of esters is 1. The van der Waals surface area contributed by atoms with Crippen molar-refractivity contribution in [2.24, 2.45) is 0 Å². The Kier molecular flexibility index (Phi) is 5.49. The molecule has 0 radical (unpaired) electrons. The Bertz CT molecular complexity index is 913. The summed E-state index contributed by atoms with van der Waals surface area (Å²) in [4.78, 5) is 24.0. The van der Waals surface area contributed by atoms with Gasteiger partial charge in [-0.1, -0.05) is 48.5 Å². The molecule has 0 saturated carbocycles. The summed E-state index contributed by atoms with van der Waals surface area (Å²) in [6.07, 6.45) is 0.103. The molecule has 0 saturated heterocycles. The van der Waals surface area contributed by atoms with E-state index in [1.165, 1.54) is 0 Å². The summed E-state index contributed by atoms with van der Waals surface area (Å²) in [5.74, 6) is -0.107. The standard InChI is InChI=1S/C21H19NO4/c1-25-17-11-9-15(10-12-17)13-21(24)26-14-20(23)22-19-8-4-6-16-5-2-3-7-18(16)19/h2-12H,13-14H2,1H3,(H,22,23). The average Bonchev–Trinajstić information content (AvgIpc) is 2.67. The van der Waals surface area contributed by atoms with Crippen LogP contribution in [0, 0.1) is 0 Å². The predicted molar refractivity (Wildman–Crippen MR) is 100 cm³/mol. The molecule has 0 fully saturated rings. The molecule has 3 aromatic carbocycles. The second-order valence-corrected chi connectivity index (χ2v) is 5.76. The van der Waals surface area contributed by atoms with Gasteiger partial charge in [0.05, 0.1) is 13.5 Å². The Labute approximate surface area is 151 Å². The molecule has 0 aliphatic heterocycles. The molecule has 26 heavy (non-hydrogen) atoms. The highest BCUT2D eigenvalue weighted by molar-refractivity contribution is 6.02. The monoisotopic (exact) mass is 349 g/mol. The summed E-state index contributed by atoms with van der Waals surface area (Å²) in [7, 11) is 1.58. The van der Waals surface area contributed by atoms with Crippen LogP contribution in [0.15, 0.2) is 66.7 Å². The highest BCUT2D eigenvalue weighted by atomic mass is 16.5.